The number of aliphatic hydroxyl groups is 2. The fourth-order valence-corrected chi connectivity index (χ4v) is 8.00. The minimum absolute atomic E-state index is 0.00328. The molecule has 1 saturated heterocycles. The lowest BCUT2D eigenvalue weighted by atomic mass is 9.46. The predicted octanol–water partition coefficient (Wildman–Crippen LogP) is 3.32. The molecule has 8 atom stereocenters. The van der Waals surface area contributed by atoms with Crippen LogP contribution in [0.1, 0.15) is 69.8 Å². The van der Waals surface area contributed by atoms with E-state index in [0.29, 0.717) is 6.42 Å². The van der Waals surface area contributed by atoms with Gasteiger partial charge < -0.3 is 33.9 Å². The molecule has 2 saturated carbocycles. The van der Waals surface area contributed by atoms with Crippen molar-refractivity contribution >= 4 is 23.9 Å². The second-order valence-corrected chi connectivity index (χ2v) is 13.3. The third-order valence-corrected chi connectivity index (χ3v) is 9.90. The van der Waals surface area contributed by atoms with E-state index >= 15 is 0 Å². The van der Waals surface area contributed by atoms with Crippen LogP contribution in [-0.4, -0.2) is 81.9 Å². The predicted molar refractivity (Wildman–Crippen MR) is 162 cm³/mol. The molecule has 3 aliphatic rings. The van der Waals surface area contributed by atoms with Gasteiger partial charge in [0.25, 0.3) is 0 Å². The van der Waals surface area contributed by atoms with E-state index in [0.717, 1.165) is 5.56 Å². The van der Waals surface area contributed by atoms with Gasteiger partial charge in [0.1, 0.15) is 29.8 Å². The van der Waals surface area contributed by atoms with Crippen LogP contribution in [0.2, 0.25) is 0 Å². The van der Waals surface area contributed by atoms with Crippen molar-refractivity contribution in [3.05, 3.63) is 71.8 Å². The molecule has 1 aliphatic heterocycles. The Labute approximate surface area is 268 Å². The SMILES string of the molecule is CC(=O)OC[C@]12[C@@H](OC(=O)c3ccccc3)C[C@@H]3[C@@H](O)[C@]1(OC3(C)C)[C@@](C)(O)C[C@H](OC(C)=O)[C@@H]2OC(=O)CCc1ccccc1. The Morgan fingerprint density at radius 3 is 2.13 bits per heavy atom. The first-order chi connectivity index (χ1) is 21.6. The van der Waals surface area contributed by atoms with Gasteiger partial charge in [-0.05, 0) is 51.3 Å². The van der Waals surface area contributed by atoms with E-state index in [4.69, 9.17) is 23.7 Å². The van der Waals surface area contributed by atoms with Gasteiger partial charge in [-0.1, -0.05) is 48.5 Å². The van der Waals surface area contributed by atoms with Crippen LogP contribution >= 0.6 is 0 Å². The Morgan fingerprint density at radius 1 is 0.891 bits per heavy atom. The van der Waals surface area contributed by atoms with Crippen LogP contribution in [0.25, 0.3) is 0 Å². The summed E-state index contributed by atoms with van der Waals surface area (Å²) in [7, 11) is 0. The number of hydrogen-bond acceptors (Lipinski definition) is 11. The molecule has 5 rings (SSSR count). The molecule has 0 aromatic heterocycles. The van der Waals surface area contributed by atoms with Gasteiger partial charge in [0, 0.05) is 32.6 Å². The fraction of sp³-hybridized carbons (Fsp3) is 0.543. The number of carbonyl (C=O) groups is 4. The maximum atomic E-state index is 13.7. The lowest BCUT2D eigenvalue weighted by Gasteiger charge is -2.65. The average Bonchev–Trinajstić information content (AvgIpc) is 3.14. The molecular formula is C35H42O11. The van der Waals surface area contributed by atoms with Gasteiger partial charge in [0.05, 0.1) is 22.9 Å². The maximum Gasteiger partial charge on any atom is 0.338 e. The smallest absolute Gasteiger partial charge is 0.338 e. The van der Waals surface area contributed by atoms with Crippen molar-refractivity contribution in [2.24, 2.45) is 11.3 Å². The molecule has 2 aromatic carbocycles. The summed E-state index contributed by atoms with van der Waals surface area (Å²) in [6.45, 7) is 6.70. The van der Waals surface area contributed by atoms with Gasteiger partial charge in [-0.25, -0.2) is 4.79 Å². The van der Waals surface area contributed by atoms with E-state index in [2.05, 4.69) is 0 Å². The first kappa shape index (κ1) is 33.6. The van der Waals surface area contributed by atoms with Gasteiger partial charge in [-0.2, -0.15) is 0 Å². The van der Waals surface area contributed by atoms with E-state index in [1.54, 1.807) is 44.2 Å². The van der Waals surface area contributed by atoms with Gasteiger partial charge in [0.2, 0.25) is 0 Å². The fourth-order valence-electron chi connectivity index (χ4n) is 8.00. The highest BCUT2D eigenvalue weighted by molar-refractivity contribution is 5.89. The second-order valence-electron chi connectivity index (χ2n) is 13.3. The molecule has 2 aromatic rings. The lowest BCUT2D eigenvalue weighted by molar-refractivity contribution is -0.355. The summed E-state index contributed by atoms with van der Waals surface area (Å²) in [6, 6.07) is 17.5. The van der Waals surface area contributed by atoms with Crippen molar-refractivity contribution in [3.63, 3.8) is 0 Å². The quantitative estimate of drug-likeness (QED) is 0.307. The molecule has 2 aliphatic carbocycles. The van der Waals surface area contributed by atoms with E-state index in [-0.39, 0.29) is 24.8 Å². The summed E-state index contributed by atoms with van der Waals surface area (Å²) >= 11 is 0. The molecule has 2 bridgehead atoms. The minimum Gasteiger partial charge on any atom is -0.465 e. The summed E-state index contributed by atoms with van der Waals surface area (Å²) in [5.74, 6) is -3.48. The third-order valence-electron chi connectivity index (χ3n) is 9.90. The molecule has 1 spiro atoms. The van der Waals surface area contributed by atoms with Gasteiger partial charge in [0.15, 0.2) is 6.10 Å². The van der Waals surface area contributed by atoms with Crippen molar-refractivity contribution < 1.29 is 53.1 Å². The third kappa shape index (κ3) is 5.69. The van der Waals surface area contributed by atoms with E-state index in [1.165, 1.54) is 20.8 Å². The molecule has 1 heterocycles. The molecule has 11 nitrogen and oxygen atoms in total. The van der Waals surface area contributed by atoms with Crippen LogP contribution < -0.4 is 0 Å². The van der Waals surface area contributed by atoms with Crippen molar-refractivity contribution in [2.45, 2.75) is 102 Å². The zero-order valence-corrected chi connectivity index (χ0v) is 26.8. The Kier molecular flexibility index (Phi) is 9.07. The van der Waals surface area contributed by atoms with Gasteiger partial charge >= 0.3 is 23.9 Å². The van der Waals surface area contributed by atoms with Crippen LogP contribution in [0.3, 0.4) is 0 Å². The van der Waals surface area contributed by atoms with E-state index in [9.17, 15) is 29.4 Å². The zero-order chi connectivity index (χ0) is 33.5. The van der Waals surface area contributed by atoms with Crippen LogP contribution in [-0.2, 0) is 44.5 Å². The summed E-state index contributed by atoms with van der Waals surface area (Å²) < 4.78 is 30.5. The van der Waals surface area contributed by atoms with E-state index < -0.39 is 83.0 Å². The molecule has 0 radical (unpaired) electrons. The number of rotatable bonds is 9. The van der Waals surface area contributed by atoms with Crippen LogP contribution in [0.5, 0.6) is 0 Å². The molecule has 11 heteroatoms. The van der Waals surface area contributed by atoms with Crippen LogP contribution in [0, 0.1) is 11.3 Å². The monoisotopic (exact) mass is 638 g/mol. The second kappa shape index (κ2) is 12.4. The number of aryl methyl sites for hydroxylation is 1. The van der Waals surface area contributed by atoms with Gasteiger partial charge in [-0.3, -0.25) is 14.4 Å². The van der Waals surface area contributed by atoms with Crippen molar-refractivity contribution in [2.75, 3.05) is 6.61 Å². The number of hydrogen-bond donors (Lipinski definition) is 2. The average molecular weight is 639 g/mol. The number of carbonyl (C=O) groups excluding carboxylic acids is 4. The van der Waals surface area contributed by atoms with Gasteiger partial charge in [-0.15, -0.1) is 0 Å². The number of aliphatic hydroxyl groups excluding tert-OH is 1. The largest absolute Gasteiger partial charge is 0.465 e. The summed E-state index contributed by atoms with van der Waals surface area (Å²) in [6.07, 6.45) is -5.42. The molecule has 46 heavy (non-hydrogen) atoms. The molecule has 248 valence electrons. The van der Waals surface area contributed by atoms with Crippen molar-refractivity contribution in [1.29, 1.82) is 0 Å². The number of fused-ring (bicyclic) bond motifs is 1. The highest BCUT2D eigenvalue weighted by Crippen LogP contribution is 2.68. The highest BCUT2D eigenvalue weighted by Gasteiger charge is 2.85. The minimum atomic E-state index is -2.01. The first-order valence-electron chi connectivity index (χ1n) is 15.6. The summed E-state index contributed by atoms with van der Waals surface area (Å²) in [4.78, 5) is 52.2. The van der Waals surface area contributed by atoms with Crippen LogP contribution in [0.15, 0.2) is 60.7 Å². The normalized spacial score (nSPS) is 34.1. The number of esters is 4. The Hall–Kier alpha value is -3.80. The maximum absolute atomic E-state index is 13.7. The zero-order valence-electron chi connectivity index (χ0n) is 26.8. The molecule has 0 unspecified atom stereocenters. The molecular weight excluding hydrogens is 596 g/mol. The highest BCUT2D eigenvalue weighted by atomic mass is 16.6. The van der Waals surface area contributed by atoms with E-state index in [1.807, 2.05) is 30.3 Å². The Bertz CT molecular complexity index is 1460. The Balaban J connectivity index is 1.68. The summed E-state index contributed by atoms with van der Waals surface area (Å²) in [5, 5.41) is 24.5. The lowest BCUT2D eigenvalue weighted by Crippen LogP contribution is -2.83. The molecule has 2 N–H and O–H groups in total. The summed E-state index contributed by atoms with van der Waals surface area (Å²) in [5.41, 5.74) is -5.87. The standard InChI is InChI=1S/C35H42O11/c1-21(36)42-20-34-27(44-31(40)24-14-10-7-11-15-24)18-25-29(39)35(34,46-32(25,3)4)33(5,41)19-26(43-22(2)37)30(34)45-28(38)17-16-23-12-8-6-9-13-23/h6-15,25-27,29-30,39,41H,16-20H2,1-5H3/t25-,26+,27+,29-,30+,33+,34-,35+/m1/s1. The Morgan fingerprint density at radius 2 is 1.52 bits per heavy atom. The first-order valence-corrected chi connectivity index (χ1v) is 15.6. The number of ether oxygens (including phenoxy) is 5. The topological polar surface area (TPSA) is 155 Å². The van der Waals surface area contributed by atoms with Crippen LogP contribution in [0.4, 0.5) is 0 Å². The van der Waals surface area contributed by atoms with Crippen molar-refractivity contribution in [3.8, 4) is 0 Å². The number of benzene rings is 2. The van der Waals surface area contributed by atoms with Crippen molar-refractivity contribution in [1.82, 2.24) is 0 Å². The molecule has 0 amide bonds. The molecule has 3 fully saturated rings.